The molecule has 0 bridgehead atoms. The quantitative estimate of drug-likeness (QED) is 0.618. The van der Waals surface area contributed by atoms with E-state index in [-0.39, 0.29) is 11.3 Å². The monoisotopic (exact) mass is 365 g/mol. The fraction of sp³-hybridized carbons (Fsp3) is 0.722. The number of hydrogen-bond donors (Lipinski definition) is 2. The third-order valence-electron chi connectivity index (χ3n) is 4.46. The number of nitrogens with zero attached hydrogens (tertiary/aromatic N) is 3. The molecule has 1 atom stereocenters. The molecule has 1 aliphatic heterocycles. The van der Waals surface area contributed by atoms with Crippen LogP contribution in [-0.4, -0.2) is 48.4 Å². The molecule has 1 fully saturated rings. The molecule has 1 aromatic heterocycles. The molecule has 1 saturated heterocycles. The van der Waals surface area contributed by atoms with Crippen molar-refractivity contribution >= 4 is 23.2 Å². The van der Waals surface area contributed by atoms with Gasteiger partial charge in [-0.25, -0.2) is 4.98 Å². The molecule has 7 heteroatoms. The Bertz CT molecular complexity index is 605. The average Bonchev–Trinajstić information content (AvgIpc) is 3.00. The number of aliphatic imine (C=N–C) groups is 1. The molecular weight excluding hydrogens is 334 g/mol. The van der Waals surface area contributed by atoms with Crippen LogP contribution in [0.15, 0.2) is 10.4 Å². The minimum absolute atomic E-state index is 0.0987. The molecule has 1 aliphatic rings. The lowest BCUT2D eigenvalue weighted by Crippen LogP contribution is -2.47. The number of carbonyl (C=O) groups is 1. The molecule has 0 spiro atoms. The maximum atomic E-state index is 11.2. The van der Waals surface area contributed by atoms with Crippen LogP contribution in [0.2, 0.25) is 0 Å². The van der Waals surface area contributed by atoms with Crippen LogP contribution in [0.5, 0.6) is 0 Å². The molecule has 140 valence electrons. The van der Waals surface area contributed by atoms with Crippen molar-refractivity contribution in [2.75, 3.05) is 26.7 Å². The normalized spacial score (nSPS) is 19.1. The van der Waals surface area contributed by atoms with E-state index in [1.54, 1.807) is 18.4 Å². The summed E-state index contributed by atoms with van der Waals surface area (Å²) in [5.74, 6) is 1.02. The first-order valence-corrected chi connectivity index (χ1v) is 9.86. The van der Waals surface area contributed by atoms with Crippen molar-refractivity contribution < 1.29 is 4.79 Å². The van der Waals surface area contributed by atoms with Gasteiger partial charge in [0.1, 0.15) is 0 Å². The number of rotatable bonds is 5. The van der Waals surface area contributed by atoms with Crippen molar-refractivity contribution in [1.82, 2.24) is 15.2 Å². The van der Waals surface area contributed by atoms with Crippen LogP contribution in [0, 0.1) is 5.92 Å². The highest BCUT2D eigenvalue weighted by Gasteiger charge is 2.23. The number of piperidine rings is 1. The third kappa shape index (κ3) is 5.99. The number of guanidine groups is 1. The number of amides is 1. The summed E-state index contributed by atoms with van der Waals surface area (Å²) in [5.41, 5.74) is 6.60. The maximum absolute atomic E-state index is 11.2. The zero-order chi connectivity index (χ0) is 18.4. The van der Waals surface area contributed by atoms with Gasteiger partial charge in [0.2, 0.25) is 5.91 Å². The minimum atomic E-state index is -0.215. The molecule has 0 aliphatic carbocycles. The number of thiazole rings is 1. The van der Waals surface area contributed by atoms with E-state index in [4.69, 9.17) is 10.7 Å². The summed E-state index contributed by atoms with van der Waals surface area (Å²) in [7, 11) is 1.81. The van der Waals surface area contributed by atoms with Crippen molar-refractivity contribution in [2.45, 2.75) is 51.9 Å². The van der Waals surface area contributed by atoms with E-state index in [2.05, 4.69) is 41.4 Å². The zero-order valence-corrected chi connectivity index (χ0v) is 16.7. The molecule has 2 rings (SSSR count). The van der Waals surface area contributed by atoms with Gasteiger partial charge in [0.05, 0.1) is 10.7 Å². The van der Waals surface area contributed by atoms with E-state index in [1.807, 2.05) is 0 Å². The van der Waals surface area contributed by atoms with Gasteiger partial charge in [0.15, 0.2) is 5.96 Å². The highest BCUT2D eigenvalue weighted by Crippen LogP contribution is 2.24. The van der Waals surface area contributed by atoms with Gasteiger partial charge in [0, 0.05) is 50.3 Å². The Kier molecular flexibility index (Phi) is 6.81. The molecule has 6 nitrogen and oxygen atoms in total. The lowest BCUT2D eigenvalue weighted by molar-refractivity contribution is -0.119. The van der Waals surface area contributed by atoms with Crippen LogP contribution in [-0.2, 0) is 16.6 Å². The Morgan fingerprint density at radius 1 is 1.52 bits per heavy atom. The predicted octanol–water partition coefficient (Wildman–Crippen LogP) is 2.15. The Balaban J connectivity index is 1.84. The number of nitrogens with two attached hydrogens (primary N) is 1. The molecule has 0 saturated carbocycles. The van der Waals surface area contributed by atoms with Crippen LogP contribution >= 0.6 is 11.3 Å². The molecule has 1 amide bonds. The first kappa shape index (κ1) is 19.7. The van der Waals surface area contributed by atoms with Gasteiger partial charge < -0.3 is 16.0 Å². The molecular formula is C18H31N5OS. The van der Waals surface area contributed by atoms with E-state index in [9.17, 15) is 4.79 Å². The van der Waals surface area contributed by atoms with Gasteiger partial charge in [0.25, 0.3) is 0 Å². The molecule has 2 heterocycles. The van der Waals surface area contributed by atoms with Crippen molar-refractivity contribution in [2.24, 2.45) is 16.6 Å². The van der Waals surface area contributed by atoms with Crippen LogP contribution in [0.4, 0.5) is 0 Å². The molecule has 3 N–H and O–H groups in total. The Labute approximate surface area is 154 Å². The van der Waals surface area contributed by atoms with Gasteiger partial charge in [-0.05, 0) is 18.8 Å². The van der Waals surface area contributed by atoms with Gasteiger partial charge in [-0.1, -0.05) is 20.8 Å². The highest BCUT2D eigenvalue weighted by molar-refractivity contribution is 7.09. The fourth-order valence-electron chi connectivity index (χ4n) is 3.09. The Morgan fingerprint density at radius 2 is 2.28 bits per heavy atom. The first-order chi connectivity index (χ1) is 11.8. The van der Waals surface area contributed by atoms with E-state index in [1.165, 1.54) is 0 Å². The largest absolute Gasteiger partial charge is 0.370 e. The van der Waals surface area contributed by atoms with Crippen molar-refractivity contribution in [1.29, 1.82) is 0 Å². The Morgan fingerprint density at radius 3 is 2.88 bits per heavy atom. The summed E-state index contributed by atoms with van der Waals surface area (Å²) in [6, 6.07) is 0. The number of hydrogen-bond acceptors (Lipinski definition) is 4. The molecule has 0 radical (unpaired) electrons. The molecule has 25 heavy (non-hydrogen) atoms. The summed E-state index contributed by atoms with van der Waals surface area (Å²) >= 11 is 1.72. The molecule has 1 aromatic rings. The summed E-state index contributed by atoms with van der Waals surface area (Å²) in [6.07, 6.45) is 3.48. The second-order valence-corrected chi connectivity index (χ2v) is 8.67. The number of carbonyl (C=O) groups excluding carboxylic acids is 1. The number of nitrogens with one attached hydrogen (secondary N) is 1. The third-order valence-corrected chi connectivity index (χ3v) is 5.37. The van der Waals surface area contributed by atoms with Crippen LogP contribution in [0.3, 0.4) is 0 Å². The van der Waals surface area contributed by atoms with E-state index >= 15 is 0 Å². The fourth-order valence-corrected chi connectivity index (χ4v) is 4.12. The molecule has 0 aromatic carbocycles. The predicted molar refractivity (Wildman–Crippen MR) is 104 cm³/mol. The van der Waals surface area contributed by atoms with Crippen LogP contribution in [0.1, 0.15) is 50.7 Å². The first-order valence-electron chi connectivity index (χ1n) is 8.98. The standard InChI is InChI=1S/C18H31N5OS/c1-18(2,3)14-12-25-16(22-14)7-8-21-17(20-4)23-9-5-6-13(11-23)10-15(19)24/h12-13H,5-11H2,1-4H3,(H2,19,24)(H,20,21). The summed E-state index contributed by atoms with van der Waals surface area (Å²) in [4.78, 5) is 22.5. The SMILES string of the molecule is CN=C(NCCc1nc(C(C)(C)C)cs1)N1CCCC(CC(N)=O)C1. The highest BCUT2D eigenvalue weighted by atomic mass is 32.1. The van der Waals surface area contributed by atoms with Crippen LogP contribution in [0.25, 0.3) is 0 Å². The van der Waals surface area contributed by atoms with Crippen molar-refractivity contribution in [3.05, 3.63) is 16.1 Å². The second kappa shape index (κ2) is 8.65. The smallest absolute Gasteiger partial charge is 0.217 e. The number of aromatic nitrogens is 1. The van der Waals surface area contributed by atoms with Gasteiger partial charge in [-0.15, -0.1) is 11.3 Å². The lowest BCUT2D eigenvalue weighted by Gasteiger charge is -2.34. The zero-order valence-electron chi connectivity index (χ0n) is 15.8. The van der Waals surface area contributed by atoms with Gasteiger partial charge in [-0.2, -0.15) is 0 Å². The summed E-state index contributed by atoms with van der Waals surface area (Å²) in [5, 5.41) is 6.74. The lowest BCUT2D eigenvalue weighted by atomic mass is 9.93. The maximum Gasteiger partial charge on any atom is 0.217 e. The van der Waals surface area contributed by atoms with Crippen molar-refractivity contribution in [3.63, 3.8) is 0 Å². The van der Waals surface area contributed by atoms with E-state index < -0.39 is 0 Å². The summed E-state index contributed by atoms with van der Waals surface area (Å²) < 4.78 is 0. The Hall–Kier alpha value is -1.63. The molecule has 1 unspecified atom stereocenters. The van der Waals surface area contributed by atoms with E-state index in [0.29, 0.717) is 12.3 Å². The summed E-state index contributed by atoms with van der Waals surface area (Å²) in [6.45, 7) is 9.18. The van der Waals surface area contributed by atoms with Gasteiger partial charge in [-0.3, -0.25) is 9.79 Å². The average molecular weight is 366 g/mol. The minimum Gasteiger partial charge on any atom is -0.370 e. The van der Waals surface area contributed by atoms with E-state index in [0.717, 1.165) is 55.6 Å². The number of likely N-dealkylation sites (tertiary alicyclic amines) is 1. The topological polar surface area (TPSA) is 83.6 Å². The van der Waals surface area contributed by atoms with Crippen LogP contribution < -0.4 is 11.1 Å². The number of primary amides is 1. The van der Waals surface area contributed by atoms with Gasteiger partial charge >= 0.3 is 0 Å². The van der Waals surface area contributed by atoms with Crippen molar-refractivity contribution in [3.8, 4) is 0 Å². The second-order valence-electron chi connectivity index (χ2n) is 7.73.